The Morgan fingerprint density at radius 1 is 1.11 bits per heavy atom. The SMILES string of the molecule is Fc1ccc(C2CCCN2c2cc(Nc3cc(C4CC4)[nH]n3)ncn2)c(Cl)c1. The summed E-state index contributed by atoms with van der Waals surface area (Å²) in [7, 11) is 0. The molecule has 1 aliphatic carbocycles. The summed E-state index contributed by atoms with van der Waals surface area (Å²) in [6.45, 7) is 0.864. The van der Waals surface area contributed by atoms with Crippen LogP contribution in [0.2, 0.25) is 5.02 Å². The molecule has 3 aromatic rings. The molecule has 8 heteroatoms. The third-order valence-electron chi connectivity index (χ3n) is 5.39. The summed E-state index contributed by atoms with van der Waals surface area (Å²) in [5.41, 5.74) is 2.09. The maximum absolute atomic E-state index is 13.4. The quantitative estimate of drug-likeness (QED) is 0.636. The highest BCUT2D eigenvalue weighted by atomic mass is 35.5. The molecular weight excluding hydrogens is 379 g/mol. The van der Waals surface area contributed by atoms with Crippen molar-refractivity contribution < 1.29 is 4.39 Å². The molecule has 144 valence electrons. The molecule has 2 aromatic heterocycles. The van der Waals surface area contributed by atoms with Crippen LogP contribution >= 0.6 is 11.6 Å². The van der Waals surface area contributed by atoms with Crippen molar-refractivity contribution in [1.82, 2.24) is 20.2 Å². The van der Waals surface area contributed by atoms with Crippen LogP contribution in [-0.2, 0) is 0 Å². The minimum atomic E-state index is -0.323. The van der Waals surface area contributed by atoms with E-state index < -0.39 is 0 Å². The molecule has 3 heterocycles. The second-order valence-electron chi connectivity index (χ2n) is 7.39. The molecule has 0 spiro atoms. The van der Waals surface area contributed by atoms with Crippen LogP contribution in [0.5, 0.6) is 0 Å². The van der Waals surface area contributed by atoms with Gasteiger partial charge in [-0.1, -0.05) is 17.7 Å². The first-order chi connectivity index (χ1) is 13.7. The Morgan fingerprint density at radius 3 is 2.82 bits per heavy atom. The van der Waals surface area contributed by atoms with Gasteiger partial charge in [-0.05, 0) is 43.4 Å². The second-order valence-corrected chi connectivity index (χ2v) is 7.79. The van der Waals surface area contributed by atoms with Crippen molar-refractivity contribution in [2.24, 2.45) is 0 Å². The molecule has 2 aliphatic rings. The zero-order valence-electron chi connectivity index (χ0n) is 15.2. The molecule has 5 rings (SSSR count). The van der Waals surface area contributed by atoms with E-state index in [-0.39, 0.29) is 11.9 Å². The molecule has 1 aromatic carbocycles. The molecular formula is C20H20ClFN6. The predicted molar refractivity (Wildman–Crippen MR) is 107 cm³/mol. The monoisotopic (exact) mass is 398 g/mol. The average Bonchev–Trinajstić information content (AvgIpc) is 3.23. The summed E-state index contributed by atoms with van der Waals surface area (Å²) < 4.78 is 13.4. The van der Waals surface area contributed by atoms with Gasteiger partial charge in [-0.3, -0.25) is 5.10 Å². The lowest BCUT2D eigenvalue weighted by Gasteiger charge is -2.27. The number of nitrogens with zero attached hydrogens (tertiary/aromatic N) is 4. The number of aromatic nitrogens is 4. The van der Waals surface area contributed by atoms with Crippen LogP contribution in [0.15, 0.2) is 36.7 Å². The topological polar surface area (TPSA) is 69.7 Å². The van der Waals surface area contributed by atoms with Gasteiger partial charge in [-0.15, -0.1) is 0 Å². The van der Waals surface area contributed by atoms with Crippen molar-refractivity contribution in [3.05, 3.63) is 58.8 Å². The van der Waals surface area contributed by atoms with Crippen LogP contribution in [0, 0.1) is 5.82 Å². The number of hydrogen-bond donors (Lipinski definition) is 2. The molecule has 1 saturated carbocycles. The van der Waals surface area contributed by atoms with Gasteiger partial charge in [-0.2, -0.15) is 5.10 Å². The highest BCUT2D eigenvalue weighted by Crippen LogP contribution is 2.40. The Morgan fingerprint density at radius 2 is 2.00 bits per heavy atom. The standard InChI is InChI=1S/C20H20ClFN6/c21-15-8-13(22)5-6-14(15)17-2-1-7-28(17)20-10-18(23-11-24-20)25-19-9-16(26-27-19)12-3-4-12/h5-6,8-12,17H,1-4,7H2,(H2,23,24,25,26,27). The van der Waals surface area contributed by atoms with Crippen molar-refractivity contribution in [3.63, 3.8) is 0 Å². The van der Waals surface area contributed by atoms with Gasteiger partial charge < -0.3 is 10.2 Å². The van der Waals surface area contributed by atoms with Crippen molar-refractivity contribution in [2.45, 2.75) is 37.6 Å². The Kier molecular flexibility index (Phi) is 4.39. The van der Waals surface area contributed by atoms with E-state index in [4.69, 9.17) is 11.6 Å². The smallest absolute Gasteiger partial charge is 0.153 e. The molecule has 2 N–H and O–H groups in total. The molecule has 1 saturated heterocycles. The summed E-state index contributed by atoms with van der Waals surface area (Å²) in [5, 5.41) is 11.1. The van der Waals surface area contributed by atoms with E-state index in [1.165, 1.54) is 30.7 Å². The summed E-state index contributed by atoms with van der Waals surface area (Å²) in [4.78, 5) is 11.0. The molecule has 1 aliphatic heterocycles. The van der Waals surface area contributed by atoms with Gasteiger partial charge >= 0.3 is 0 Å². The molecule has 6 nitrogen and oxygen atoms in total. The van der Waals surface area contributed by atoms with Crippen LogP contribution in [0.4, 0.5) is 21.8 Å². The van der Waals surface area contributed by atoms with Crippen LogP contribution in [-0.4, -0.2) is 26.7 Å². The summed E-state index contributed by atoms with van der Waals surface area (Å²) in [6, 6.07) is 8.62. The number of nitrogens with one attached hydrogen (secondary N) is 2. The Balaban J connectivity index is 1.38. The first kappa shape index (κ1) is 17.4. The summed E-state index contributed by atoms with van der Waals surface area (Å²) in [6.07, 6.45) is 5.97. The number of aromatic amines is 1. The van der Waals surface area contributed by atoms with Crippen LogP contribution in [0.3, 0.4) is 0 Å². The van der Waals surface area contributed by atoms with Crippen LogP contribution in [0.25, 0.3) is 0 Å². The van der Waals surface area contributed by atoms with E-state index in [9.17, 15) is 4.39 Å². The largest absolute Gasteiger partial charge is 0.349 e. The van der Waals surface area contributed by atoms with Crippen molar-refractivity contribution >= 4 is 29.1 Å². The number of H-pyrrole nitrogens is 1. The normalized spacial score (nSPS) is 19.2. The summed E-state index contributed by atoms with van der Waals surface area (Å²) >= 11 is 6.31. The predicted octanol–water partition coefficient (Wildman–Crippen LogP) is 4.95. The molecule has 1 atom stereocenters. The molecule has 0 amide bonds. The van der Waals surface area contributed by atoms with E-state index in [2.05, 4.69) is 30.4 Å². The number of anilines is 3. The number of rotatable bonds is 5. The highest BCUT2D eigenvalue weighted by Gasteiger charge is 2.29. The fourth-order valence-corrected chi connectivity index (χ4v) is 4.14. The molecule has 1 unspecified atom stereocenters. The minimum Gasteiger partial charge on any atom is -0.349 e. The third-order valence-corrected chi connectivity index (χ3v) is 5.72. The highest BCUT2D eigenvalue weighted by molar-refractivity contribution is 6.31. The van der Waals surface area contributed by atoms with Gasteiger partial charge in [-0.25, -0.2) is 14.4 Å². The van der Waals surface area contributed by atoms with E-state index >= 15 is 0 Å². The number of benzene rings is 1. The molecule has 0 radical (unpaired) electrons. The van der Waals surface area contributed by atoms with Crippen molar-refractivity contribution in [1.29, 1.82) is 0 Å². The zero-order valence-corrected chi connectivity index (χ0v) is 16.0. The Hall–Kier alpha value is -2.67. The van der Waals surface area contributed by atoms with E-state index in [0.29, 0.717) is 16.8 Å². The van der Waals surface area contributed by atoms with Crippen molar-refractivity contribution in [3.8, 4) is 0 Å². The maximum Gasteiger partial charge on any atom is 0.153 e. The van der Waals surface area contributed by atoms with Crippen LogP contribution in [0.1, 0.15) is 48.9 Å². The maximum atomic E-state index is 13.4. The lowest BCUT2D eigenvalue weighted by atomic mass is 10.0. The molecule has 28 heavy (non-hydrogen) atoms. The average molecular weight is 399 g/mol. The van der Waals surface area contributed by atoms with Crippen molar-refractivity contribution in [2.75, 3.05) is 16.8 Å². The number of hydrogen-bond acceptors (Lipinski definition) is 5. The van der Waals surface area contributed by atoms with E-state index in [0.717, 1.165) is 36.6 Å². The van der Waals surface area contributed by atoms with Gasteiger partial charge in [0.15, 0.2) is 5.82 Å². The zero-order chi connectivity index (χ0) is 19.1. The fraction of sp³-hybridized carbons (Fsp3) is 0.350. The molecule has 2 fully saturated rings. The minimum absolute atomic E-state index is 0.0719. The Bertz CT molecular complexity index is 1000. The fourth-order valence-electron chi connectivity index (χ4n) is 3.84. The van der Waals surface area contributed by atoms with E-state index in [1.807, 2.05) is 12.1 Å². The van der Waals surface area contributed by atoms with E-state index in [1.54, 1.807) is 12.4 Å². The van der Waals surface area contributed by atoms with Crippen LogP contribution < -0.4 is 10.2 Å². The number of halogens is 2. The Labute approximate surface area is 167 Å². The van der Waals surface area contributed by atoms with Gasteiger partial charge in [0.05, 0.1) is 6.04 Å². The third kappa shape index (κ3) is 3.42. The first-order valence-corrected chi connectivity index (χ1v) is 9.91. The lowest BCUT2D eigenvalue weighted by Crippen LogP contribution is -2.24. The first-order valence-electron chi connectivity index (χ1n) is 9.53. The van der Waals surface area contributed by atoms with Gasteiger partial charge in [0.25, 0.3) is 0 Å². The summed E-state index contributed by atoms with van der Waals surface area (Å²) in [5.74, 6) is 2.56. The molecule has 0 bridgehead atoms. The van der Waals surface area contributed by atoms with Gasteiger partial charge in [0, 0.05) is 35.3 Å². The lowest BCUT2D eigenvalue weighted by molar-refractivity contribution is 0.624. The second kappa shape index (κ2) is 7.05. The van der Waals surface area contributed by atoms with Gasteiger partial charge in [0.1, 0.15) is 23.8 Å². The van der Waals surface area contributed by atoms with Gasteiger partial charge in [0.2, 0.25) is 0 Å².